The Balaban J connectivity index is 2.29. The van der Waals surface area contributed by atoms with Gasteiger partial charge in [-0.05, 0) is 38.5 Å². The van der Waals surface area contributed by atoms with Crippen molar-refractivity contribution in [1.29, 1.82) is 0 Å². The van der Waals surface area contributed by atoms with E-state index in [0.29, 0.717) is 6.61 Å². The molecule has 0 N–H and O–H groups in total. The van der Waals surface area contributed by atoms with E-state index in [-0.39, 0.29) is 11.9 Å². The van der Waals surface area contributed by atoms with Gasteiger partial charge < -0.3 is 4.74 Å². The second kappa shape index (κ2) is 4.48. The van der Waals surface area contributed by atoms with Gasteiger partial charge in [0.05, 0.1) is 12.5 Å². The number of hydrogen-bond acceptors (Lipinski definition) is 2. The molecule has 0 bridgehead atoms. The maximum atomic E-state index is 11.3. The van der Waals surface area contributed by atoms with E-state index in [2.05, 4.69) is 6.92 Å². The summed E-state index contributed by atoms with van der Waals surface area (Å²) in [4.78, 5) is 11.3. The smallest absolute Gasteiger partial charge is 0.308 e. The van der Waals surface area contributed by atoms with Crippen LogP contribution in [0.25, 0.3) is 0 Å². The minimum Gasteiger partial charge on any atom is -0.466 e. The molecule has 1 fully saturated rings. The van der Waals surface area contributed by atoms with E-state index in [0.717, 1.165) is 18.8 Å². The highest BCUT2D eigenvalue weighted by Gasteiger charge is 2.24. The van der Waals surface area contributed by atoms with Crippen LogP contribution in [-0.2, 0) is 9.53 Å². The molecule has 0 heterocycles. The van der Waals surface area contributed by atoms with Crippen LogP contribution in [0.5, 0.6) is 0 Å². The van der Waals surface area contributed by atoms with E-state index >= 15 is 0 Å². The zero-order valence-electron chi connectivity index (χ0n) is 8.01. The van der Waals surface area contributed by atoms with E-state index in [1.165, 1.54) is 12.8 Å². The Bertz CT molecular complexity index is 146. The van der Waals surface area contributed by atoms with Crippen LogP contribution in [0.1, 0.15) is 39.5 Å². The van der Waals surface area contributed by atoms with Gasteiger partial charge in [0, 0.05) is 0 Å². The monoisotopic (exact) mass is 170 g/mol. The van der Waals surface area contributed by atoms with Gasteiger partial charge in [-0.15, -0.1) is 0 Å². The van der Waals surface area contributed by atoms with Gasteiger partial charge in [-0.1, -0.05) is 6.92 Å². The van der Waals surface area contributed by atoms with Crippen molar-refractivity contribution in [2.45, 2.75) is 39.5 Å². The first-order valence-electron chi connectivity index (χ1n) is 4.90. The third-order valence-electron chi connectivity index (χ3n) is 2.64. The van der Waals surface area contributed by atoms with Gasteiger partial charge >= 0.3 is 5.97 Å². The Kier molecular flexibility index (Phi) is 3.57. The van der Waals surface area contributed by atoms with E-state index in [1.807, 2.05) is 6.92 Å². The summed E-state index contributed by atoms with van der Waals surface area (Å²) in [6.45, 7) is 4.63. The normalized spacial score (nSPS) is 29.8. The second-order valence-electron chi connectivity index (χ2n) is 3.71. The molecule has 1 aliphatic carbocycles. The molecule has 0 saturated heterocycles. The minimum atomic E-state index is 0.0180. The van der Waals surface area contributed by atoms with Crippen molar-refractivity contribution in [3.8, 4) is 0 Å². The molecule has 0 aliphatic heterocycles. The molecule has 2 heteroatoms. The molecule has 0 radical (unpaired) electrons. The fraction of sp³-hybridized carbons (Fsp3) is 0.900. The predicted molar refractivity (Wildman–Crippen MR) is 47.8 cm³/mol. The molecular formula is C10H18O2. The molecule has 1 aliphatic rings. The van der Waals surface area contributed by atoms with E-state index < -0.39 is 0 Å². The van der Waals surface area contributed by atoms with Crippen LogP contribution in [0, 0.1) is 11.8 Å². The summed E-state index contributed by atoms with van der Waals surface area (Å²) in [7, 11) is 0. The Morgan fingerprint density at radius 2 is 1.92 bits per heavy atom. The van der Waals surface area contributed by atoms with Crippen molar-refractivity contribution in [3.05, 3.63) is 0 Å². The third kappa shape index (κ3) is 2.50. The average molecular weight is 170 g/mol. The van der Waals surface area contributed by atoms with Gasteiger partial charge in [0.25, 0.3) is 0 Å². The Morgan fingerprint density at radius 1 is 1.33 bits per heavy atom. The second-order valence-corrected chi connectivity index (χ2v) is 3.71. The molecule has 0 aromatic carbocycles. The molecule has 0 aromatic rings. The topological polar surface area (TPSA) is 26.3 Å². The SMILES string of the molecule is CCOC(=O)[C@H]1CC[C@H](C)CC1. The Labute approximate surface area is 74.3 Å². The van der Waals surface area contributed by atoms with Crippen LogP contribution < -0.4 is 0 Å². The molecule has 70 valence electrons. The highest BCUT2D eigenvalue weighted by Crippen LogP contribution is 2.28. The van der Waals surface area contributed by atoms with Crippen molar-refractivity contribution in [2.24, 2.45) is 11.8 Å². The Morgan fingerprint density at radius 3 is 2.42 bits per heavy atom. The van der Waals surface area contributed by atoms with Crippen LogP contribution >= 0.6 is 0 Å². The molecule has 1 rings (SSSR count). The van der Waals surface area contributed by atoms with Crippen molar-refractivity contribution < 1.29 is 9.53 Å². The van der Waals surface area contributed by atoms with Gasteiger partial charge in [0.15, 0.2) is 0 Å². The van der Waals surface area contributed by atoms with Crippen molar-refractivity contribution in [2.75, 3.05) is 6.61 Å². The van der Waals surface area contributed by atoms with Crippen molar-refractivity contribution in [1.82, 2.24) is 0 Å². The number of rotatable bonds is 2. The van der Waals surface area contributed by atoms with Crippen LogP contribution in [-0.4, -0.2) is 12.6 Å². The molecule has 0 unspecified atom stereocenters. The minimum absolute atomic E-state index is 0.0180. The number of hydrogen-bond donors (Lipinski definition) is 0. The van der Waals surface area contributed by atoms with Gasteiger partial charge in [-0.25, -0.2) is 0 Å². The van der Waals surface area contributed by atoms with Gasteiger partial charge in [0.1, 0.15) is 0 Å². The molecule has 12 heavy (non-hydrogen) atoms. The first-order chi connectivity index (χ1) is 5.74. The summed E-state index contributed by atoms with van der Waals surface area (Å²) in [6.07, 6.45) is 4.42. The quantitative estimate of drug-likeness (QED) is 0.595. The first kappa shape index (κ1) is 9.56. The van der Waals surface area contributed by atoms with Gasteiger partial charge in [0.2, 0.25) is 0 Å². The molecule has 2 nitrogen and oxygen atoms in total. The average Bonchev–Trinajstić information content (AvgIpc) is 2.06. The Hall–Kier alpha value is -0.530. The molecule has 0 atom stereocenters. The lowest BCUT2D eigenvalue weighted by molar-refractivity contribution is -0.149. The van der Waals surface area contributed by atoms with Crippen molar-refractivity contribution in [3.63, 3.8) is 0 Å². The van der Waals surface area contributed by atoms with Crippen LogP contribution in [0.2, 0.25) is 0 Å². The molecule has 1 saturated carbocycles. The van der Waals surface area contributed by atoms with Gasteiger partial charge in [-0.3, -0.25) is 4.79 Å². The summed E-state index contributed by atoms with van der Waals surface area (Å²) in [5, 5.41) is 0. The lowest BCUT2D eigenvalue weighted by Gasteiger charge is -2.24. The van der Waals surface area contributed by atoms with Gasteiger partial charge in [-0.2, -0.15) is 0 Å². The summed E-state index contributed by atoms with van der Waals surface area (Å²) in [6, 6.07) is 0. The summed E-state index contributed by atoms with van der Waals surface area (Å²) in [5.74, 6) is 1.02. The number of carbonyl (C=O) groups excluding carboxylic acids is 1. The van der Waals surface area contributed by atoms with E-state index in [4.69, 9.17) is 4.74 Å². The maximum Gasteiger partial charge on any atom is 0.308 e. The highest BCUT2D eigenvalue weighted by atomic mass is 16.5. The number of carbonyl (C=O) groups is 1. The fourth-order valence-electron chi connectivity index (χ4n) is 1.76. The van der Waals surface area contributed by atoms with E-state index in [9.17, 15) is 4.79 Å². The predicted octanol–water partition coefficient (Wildman–Crippen LogP) is 2.38. The van der Waals surface area contributed by atoms with Crippen LogP contribution in [0.4, 0.5) is 0 Å². The molecular weight excluding hydrogens is 152 g/mol. The molecule has 0 aromatic heterocycles. The standard InChI is InChI=1S/C10H18O2/c1-3-12-10(11)9-6-4-8(2)5-7-9/h8-9H,3-7H2,1-2H3/t8-,9-. The van der Waals surface area contributed by atoms with Crippen molar-refractivity contribution >= 4 is 5.97 Å². The van der Waals surface area contributed by atoms with E-state index in [1.54, 1.807) is 0 Å². The third-order valence-corrected chi connectivity index (χ3v) is 2.64. The lowest BCUT2D eigenvalue weighted by atomic mass is 9.83. The fourth-order valence-corrected chi connectivity index (χ4v) is 1.76. The maximum absolute atomic E-state index is 11.3. The molecule has 0 spiro atoms. The number of esters is 1. The van der Waals surface area contributed by atoms with Crippen LogP contribution in [0.3, 0.4) is 0 Å². The lowest BCUT2D eigenvalue weighted by Crippen LogP contribution is -2.22. The zero-order valence-corrected chi connectivity index (χ0v) is 8.01. The van der Waals surface area contributed by atoms with Crippen LogP contribution in [0.15, 0.2) is 0 Å². The largest absolute Gasteiger partial charge is 0.466 e. The number of ether oxygens (including phenoxy) is 1. The molecule has 0 amide bonds. The zero-order chi connectivity index (χ0) is 8.97. The summed E-state index contributed by atoms with van der Waals surface area (Å²) >= 11 is 0. The summed E-state index contributed by atoms with van der Waals surface area (Å²) < 4.78 is 4.98. The summed E-state index contributed by atoms with van der Waals surface area (Å²) in [5.41, 5.74) is 0. The highest BCUT2D eigenvalue weighted by molar-refractivity contribution is 5.72. The first-order valence-corrected chi connectivity index (χ1v) is 4.90.